The fourth-order valence-corrected chi connectivity index (χ4v) is 2.17. The SMILES string of the molecule is COCCOc1ccc(C(=O)NCc2ccco2)cc1Br. The monoisotopic (exact) mass is 353 g/mol. The maximum atomic E-state index is 12.0. The van der Waals surface area contributed by atoms with E-state index in [2.05, 4.69) is 21.2 Å². The number of hydrogen-bond acceptors (Lipinski definition) is 4. The van der Waals surface area contributed by atoms with E-state index in [9.17, 15) is 4.79 Å². The zero-order chi connectivity index (χ0) is 15.1. The number of hydrogen-bond donors (Lipinski definition) is 1. The van der Waals surface area contributed by atoms with Crippen LogP contribution in [0.1, 0.15) is 16.1 Å². The quantitative estimate of drug-likeness (QED) is 0.777. The van der Waals surface area contributed by atoms with Crippen LogP contribution in [-0.2, 0) is 11.3 Å². The van der Waals surface area contributed by atoms with Crippen LogP contribution in [0.5, 0.6) is 5.75 Å². The predicted molar refractivity (Wildman–Crippen MR) is 81.4 cm³/mol. The van der Waals surface area contributed by atoms with Crippen LogP contribution < -0.4 is 10.1 Å². The van der Waals surface area contributed by atoms with E-state index in [0.717, 1.165) is 4.47 Å². The highest BCUT2D eigenvalue weighted by molar-refractivity contribution is 9.10. The summed E-state index contributed by atoms with van der Waals surface area (Å²) in [6, 6.07) is 8.78. The number of furan rings is 1. The average molecular weight is 354 g/mol. The topological polar surface area (TPSA) is 60.7 Å². The largest absolute Gasteiger partial charge is 0.490 e. The van der Waals surface area contributed by atoms with Gasteiger partial charge in [-0.05, 0) is 46.3 Å². The van der Waals surface area contributed by atoms with Crippen LogP contribution in [0.3, 0.4) is 0 Å². The first-order chi connectivity index (χ1) is 10.2. The molecular formula is C15H16BrNO4. The van der Waals surface area contributed by atoms with Crippen LogP contribution in [0, 0.1) is 0 Å². The Morgan fingerprint density at radius 2 is 2.19 bits per heavy atom. The molecule has 1 heterocycles. The Balaban J connectivity index is 1.93. The Kier molecular flexibility index (Phi) is 5.83. The molecule has 2 rings (SSSR count). The van der Waals surface area contributed by atoms with Crippen LogP contribution in [0.15, 0.2) is 45.5 Å². The Morgan fingerprint density at radius 1 is 1.33 bits per heavy atom. The van der Waals surface area contributed by atoms with Gasteiger partial charge in [0, 0.05) is 12.7 Å². The minimum atomic E-state index is -0.171. The van der Waals surface area contributed by atoms with Crippen molar-refractivity contribution in [1.82, 2.24) is 5.32 Å². The molecule has 1 amide bonds. The van der Waals surface area contributed by atoms with Gasteiger partial charge in [0.15, 0.2) is 0 Å². The molecule has 0 aliphatic rings. The molecule has 1 aromatic carbocycles. The Labute approximate surface area is 131 Å². The smallest absolute Gasteiger partial charge is 0.251 e. The summed E-state index contributed by atoms with van der Waals surface area (Å²) in [6.45, 7) is 1.33. The summed E-state index contributed by atoms with van der Waals surface area (Å²) in [6.07, 6.45) is 1.57. The molecule has 1 aromatic heterocycles. The van der Waals surface area contributed by atoms with E-state index in [-0.39, 0.29) is 5.91 Å². The first-order valence-electron chi connectivity index (χ1n) is 6.42. The summed E-state index contributed by atoms with van der Waals surface area (Å²) < 4.78 is 16.3. The molecule has 2 aromatic rings. The third-order valence-electron chi connectivity index (χ3n) is 2.74. The molecule has 6 heteroatoms. The van der Waals surface area contributed by atoms with Gasteiger partial charge in [-0.3, -0.25) is 4.79 Å². The summed E-state index contributed by atoms with van der Waals surface area (Å²) in [7, 11) is 1.62. The maximum Gasteiger partial charge on any atom is 0.251 e. The van der Waals surface area contributed by atoms with Crippen LogP contribution in [0.2, 0.25) is 0 Å². The third-order valence-corrected chi connectivity index (χ3v) is 3.36. The molecule has 0 unspecified atom stereocenters. The second-order valence-electron chi connectivity index (χ2n) is 4.25. The van der Waals surface area contributed by atoms with Gasteiger partial charge in [-0.1, -0.05) is 0 Å². The van der Waals surface area contributed by atoms with Crippen molar-refractivity contribution in [2.24, 2.45) is 0 Å². The van der Waals surface area contributed by atoms with Crippen molar-refractivity contribution >= 4 is 21.8 Å². The molecule has 21 heavy (non-hydrogen) atoms. The lowest BCUT2D eigenvalue weighted by molar-refractivity contribution is 0.0948. The number of nitrogens with one attached hydrogen (secondary N) is 1. The van der Waals surface area contributed by atoms with Crippen LogP contribution in [-0.4, -0.2) is 26.2 Å². The molecule has 0 radical (unpaired) electrons. The normalized spacial score (nSPS) is 10.4. The molecule has 0 spiro atoms. The molecule has 0 bridgehead atoms. The van der Waals surface area contributed by atoms with Crippen molar-refractivity contribution in [3.05, 3.63) is 52.4 Å². The van der Waals surface area contributed by atoms with Gasteiger partial charge in [0.1, 0.15) is 18.1 Å². The highest BCUT2D eigenvalue weighted by Crippen LogP contribution is 2.26. The lowest BCUT2D eigenvalue weighted by atomic mass is 10.2. The van der Waals surface area contributed by atoms with Crippen molar-refractivity contribution in [3.63, 3.8) is 0 Å². The zero-order valence-corrected chi connectivity index (χ0v) is 13.2. The van der Waals surface area contributed by atoms with E-state index in [0.29, 0.717) is 36.8 Å². The fraction of sp³-hybridized carbons (Fsp3) is 0.267. The second kappa shape index (κ2) is 7.85. The van der Waals surface area contributed by atoms with Crippen LogP contribution in [0.4, 0.5) is 0 Å². The van der Waals surface area contributed by atoms with E-state index in [1.54, 1.807) is 37.6 Å². The molecule has 0 aliphatic carbocycles. The Hall–Kier alpha value is -1.79. The predicted octanol–water partition coefficient (Wildman–Crippen LogP) is 3.00. The van der Waals surface area contributed by atoms with E-state index < -0.39 is 0 Å². The van der Waals surface area contributed by atoms with E-state index >= 15 is 0 Å². The summed E-state index contributed by atoms with van der Waals surface area (Å²) in [5.41, 5.74) is 0.549. The summed E-state index contributed by atoms with van der Waals surface area (Å²) >= 11 is 3.39. The van der Waals surface area contributed by atoms with Gasteiger partial charge < -0.3 is 19.2 Å². The molecular weight excluding hydrogens is 338 g/mol. The Morgan fingerprint density at radius 3 is 2.86 bits per heavy atom. The summed E-state index contributed by atoms with van der Waals surface area (Å²) in [4.78, 5) is 12.0. The van der Waals surface area contributed by atoms with Crippen molar-refractivity contribution in [3.8, 4) is 5.75 Å². The molecule has 0 aliphatic heterocycles. The summed E-state index contributed by atoms with van der Waals surface area (Å²) in [5.74, 6) is 1.21. The second-order valence-corrected chi connectivity index (χ2v) is 5.10. The average Bonchev–Trinajstić information content (AvgIpc) is 3.00. The number of carbonyl (C=O) groups is 1. The first-order valence-corrected chi connectivity index (χ1v) is 7.22. The maximum absolute atomic E-state index is 12.0. The molecule has 0 saturated carbocycles. The van der Waals surface area contributed by atoms with Gasteiger partial charge in [0.25, 0.3) is 5.91 Å². The minimum Gasteiger partial charge on any atom is -0.490 e. The highest BCUT2D eigenvalue weighted by atomic mass is 79.9. The zero-order valence-electron chi connectivity index (χ0n) is 11.6. The number of carbonyl (C=O) groups excluding carboxylic acids is 1. The molecule has 5 nitrogen and oxygen atoms in total. The molecule has 112 valence electrons. The van der Waals surface area contributed by atoms with E-state index in [1.165, 1.54) is 0 Å². The van der Waals surface area contributed by atoms with Crippen molar-refractivity contribution in [1.29, 1.82) is 0 Å². The van der Waals surface area contributed by atoms with Gasteiger partial charge in [-0.2, -0.15) is 0 Å². The van der Waals surface area contributed by atoms with Gasteiger partial charge in [0.05, 0.1) is 23.9 Å². The standard InChI is InChI=1S/C15H16BrNO4/c1-19-7-8-21-14-5-4-11(9-13(14)16)15(18)17-10-12-3-2-6-20-12/h2-6,9H,7-8,10H2,1H3,(H,17,18). The molecule has 0 atom stereocenters. The van der Waals surface area contributed by atoms with Crippen molar-refractivity contribution in [2.45, 2.75) is 6.54 Å². The number of amides is 1. The lowest BCUT2D eigenvalue weighted by Crippen LogP contribution is -2.22. The van der Waals surface area contributed by atoms with Gasteiger partial charge in [-0.15, -0.1) is 0 Å². The van der Waals surface area contributed by atoms with Gasteiger partial charge in [0.2, 0.25) is 0 Å². The number of methoxy groups -OCH3 is 1. The minimum absolute atomic E-state index is 0.171. The van der Waals surface area contributed by atoms with E-state index in [4.69, 9.17) is 13.9 Å². The summed E-state index contributed by atoms with van der Waals surface area (Å²) in [5, 5.41) is 2.79. The first kappa shape index (κ1) is 15.6. The fourth-order valence-electron chi connectivity index (χ4n) is 1.68. The van der Waals surface area contributed by atoms with Crippen LogP contribution >= 0.6 is 15.9 Å². The van der Waals surface area contributed by atoms with Crippen molar-refractivity contribution in [2.75, 3.05) is 20.3 Å². The third kappa shape index (κ3) is 4.61. The molecule has 0 fully saturated rings. The number of rotatable bonds is 7. The number of halogens is 1. The molecule has 0 saturated heterocycles. The van der Waals surface area contributed by atoms with Gasteiger partial charge >= 0.3 is 0 Å². The number of ether oxygens (including phenoxy) is 2. The van der Waals surface area contributed by atoms with E-state index in [1.807, 2.05) is 6.07 Å². The highest BCUT2D eigenvalue weighted by Gasteiger charge is 2.09. The Bertz CT molecular complexity index is 583. The number of benzene rings is 1. The van der Waals surface area contributed by atoms with Gasteiger partial charge in [-0.25, -0.2) is 0 Å². The molecule has 1 N–H and O–H groups in total. The van der Waals surface area contributed by atoms with Crippen LogP contribution in [0.25, 0.3) is 0 Å². The van der Waals surface area contributed by atoms with Crippen molar-refractivity contribution < 1.29 is 18.7 Å². The lowest BCUT2D eigenvalue weighted by Gasteiger charge is -2.09.